The summed E-state index contributed by atoms with van der Waals surface area (Å²) >= 11 is 0. The molecule has 138 valence electrons. The Labute approximate surface area is 141 Å². The van der Waals surface area contributed by atoms with Crippen molar-refractivity contribution >= 4 is 12.1 Å². The lowest BCUT2D eigenvalue weighted by Gasteiger charge is -2.37. The Balaban J connectivity index is 2.08. The molecule has 0 bridgehead atoms. The van der Waals surface area contributed by atoms with E-state index < -0.39 is 42.4 Å². The zero-order chi connectivity index (χ0) is 18.9. The van der Waals surface area contributed by atoms with E-state index in [1.807, 2.05) is 0 Å². The van der Waals surface area contributed by atoms with Crippen molar-refractivity contribution in [2.75, 3.05) is 0 Å². The monoisotopic (exact) mass is 362 g/mol. The average Bonchev–Trinajstić information content (AvgIpc) is 2.47. The molecule has 1 heterocycles. The van der Waals surface area contributed by atoms with Gasteiger partial charge in [-0.2, -0.15) is 13.2 Å². The smallest absolute Gasteiger partial charge is 0.304 e. The molecule has 1 aromatic carbocycles. The fraction of sp³-hybridized carbons (Fsp3) is 0.467. The summed E-state index contributed by atoms with van der Waals surface area (Å²) in [6.07, 6.45) is -5.88. The highest BCUT2D eigenvalue weighted by Crippen LogP contribution is 2.25. The first-order chi connectivity index (χ1) is 11.5. The van der Waals surface area contributed by atoms with Crippen LogP contribution in [0.25, 0.3) is 0 Å². The molecule has 0 aliphatic carbocycles. The Bertz CT molecular complexity index is 662. The second-order valence-corrected chi connectivity index (χ2v) is 5.83. The maximum absolute atomic E-state index is 13.9. The molecule has 2 atom stereocenters. The maximum Gasteiger partial charge on any atom is 0.409 e. The van der Waals surface area contributed by atoms with E-state index >= 15 is 0 Å². The Kier molecular flexibility index (Phi) is 5.21. The molecule has 4 amide bonds. The van der Waals surface area contributed by atoms with Crippen molar-refractivity contribution in [3.05, 3.63) is 35.1 Å². The summed E-state index contributed by atoms with van der Waals surface area (Å²) in [5.41, 5.74) is 1.11. The molecule has 3 N–H and O–H groups in total. The number of carbonyl (C=O) groups excluding carboxylic acids is 2. The van der Waals surface area contributed by atoms with E-state index in [2.05, 4.69) is 16.0 Å². The van der Waals surface area contributed by atoms with E-state index in [1.165, 1.54) is 6.07 Å². The number of hydrogen-bond acceptors (Lipinski definition) is 3. The van der Waals surface area contributed by atoms with Gasteiger partial charge in [-0.25, -0.2) is 18.9 Å². The summed E-state index contributed by atoms with van der Waals surface area (Å²) in [5.74, 6) is -0.480. The normalized spacial score (nSPS) is 18.6. The van der Waals surface area contributed by atoms with Gasteiger partial charge in [0.15, 0.2) is 6.29 Å². The molecular weight excluding hydrogens is 344 g/mol. The Morgan fingerprint density at radius 2 is 1.72 bits per heavy atom. The predicted octanol–water partition coefficient (Wildman–Crippen LogP) is 2.75. The van der Waals surface area contributed by atoms with Gasteiger partial charge in [0, 0.05) is 11.6 Å². The number of urea groups is 2. The zero-order valence-electron chi connectivity index (χ0n) is 13.7. The molecular formula is C15H18F4N4O2. The van der Waals surface area contributed by atoms with Gasteiger partial charge >= 0.3 is 18.2 Å². The summed E-state index contributed by atoms with van der Waals surface area (Å²) < 4.78 is 52.1. The molecule has 1 aromatic rings. The first kappa shape index (κ1) is 19.0. The highest BCUT2D eigenvalue weighted by Gasteiger charge is 2.47. The van der Waals surface area contributed by atoms with Crippen LogP contribution in [-0.4, -0.2) is 35.5 Å². The molecule has 1 saturated heterocycles. The van der Waals surface area contributed by atoms with Crippen LogP contribution in [0.3, 0.4) is 0 Å². The van der Waals surface area contributed by atoms with E-state index in [4.69, 9.17) is 0 Å². The van der Waals surface area contributed by atoms with Gasteiger partial charge in [-0.3, -0.25) is 5.32 Å². The summed E-state index contributed by atoms with van der Waals surface area (Å²) in [5, 5.41) is 7.16. The third-order valence-electron chi connectivity index (χ3n) is 3.87. The second-order valence-electron chi connectivity index (χ2n) is 5.83. The molecule has 10 heteroatoms. The molecule has 1 fully saturated rings. The molecule has 0 unspecified atom stereocenters. The summed E-state index contributed by atoms with van der Waals surface area (Å²) in [6.45, 7) is 4.08. The lowest BCUT2D eigenvalue weighted by molar-refractivity contribution is -0.166. The molecule has 0 radical (unpaired) electrons. The van der Waals surface area contributed by atoms with Crippen molar-refractivity contribution in [1.29, 1.82) is 0 Å². The van der Waals surface area contributed by atoms with Gasteiger partial charge in [0.1, 0.15) is 11.9 Å². The number of halogens is 4. The van der Waals surface area contributed by atoms with Gasteiger partial charge in [-0.1, -0.05) is 17.7 Å². The van der Waals surface area contributed by atoms with Crippen LogP contribution in [-0.2, 0) is 0 Å². The third-order valence-corrected chi connectivity index (χ3v) is 3.87. The Morgan fingerprint density at radius 1 is 1.16 bits per heavy atom. The molecule has 0 saturated carbocycles. The van der Waals surface area contributed by atoms with E-state index in [0.29, 0.717) is 12.5 Å². The fourth-order valence-corrected chi connectivity index (χ4v) is 2.43. The van der Waals surface area contributed by atoms with Crippen LogP contribution in [0.5, 0.6) is 0 Å². The number of imide groups is 1. The van der Waals surface area contributed by atoms with Crippen molar-refractivity contribution in [3.8, 4) is 0 Å². The van der Waals surface area contributed by atoms with Gasteiger partial charge in [0.2, 0.25) is 0 Å². The van der Waals surface area contributed by atoms with Crippen LogP contribution in [0.4, 0.5) is 27.2 Å². The van der Waals surface area contributed by atoms with Gasteiger partial charge in [0.05, 0.1) is 0 Å². The topological polar surface area (TPSA) is 73.5 Å². The standard InChI is InChI=1S/C15H18F4N4O2/c1-7-4-5-11(16)10(6-7)8(2)20-12-21-13(24)23(14(25)22-12)9(3)15(17,18)19/h4-6,8-9,12,20H,1-3H3,(H,21,24)(H,22,25)/t8-,9+/m0/s1. The minimum atomic E-state index is -4.74. The van der Waals surface area contributed by atoms with Gasteiger partial charge in [0.25, 0.3) is 0 Å². The largest absolute Gasteiger partial charge is 0.409 e. The number of benzene rings is 1. The van der Waals surface area contributed by atoms with E-state index in [-0.39, 0.29) is 4.90 Å². The third kappa shape index (κ3) is 4.19. The van der Waals surface area contributed by atoms with Crippen molar-refractivity contribution in [1.82, 2.24) is 20.9 Å². The molecule has 25 heavy (non-hydrogen) atoms. The molecule has 2 rings (SSSR count). The van der Waals surface area contributed by atoms with Crippen LogP contribution in [0, 0.1) is 12.7 Å². The maximum atomic E-state index is 13.9. The number of alkyl halides is 3. The number of hydrogen-bond donors (Lipinski definition) is 3. The lowest BCUT2D eigenvalue weighted by atomic mass is 10.1. The van der Waals surface area contributed by atoms with Crippen LogP contribution in [0.1, 0.15) is 31.0 Å². The van der Waals surface area contributed by atoms with E-state index in [1.54, 1.807) is 26.0 Å². The molecule has 6 nitrogen and oxygen atoms in total. The van der Waals surface area contributed by atoms with Crippen molar-refractivity contribution in [2.45, 2.75) is 45.3 Å². The lowest BCUT2D eigenvalue weighted by Crippen LogP contribution is -2.70. The fourth-order valence-electron chi connectivity index (χ4n) is 2.43. The highest BCUT2D eigenvalue weighted by molar-refractivity contribution is 5.96. The number of rotatable bonds is 4. The summed E-state index contributed by atoms with van der Waals surface area (Å²) in [6, 6.07) is -0.805. The van der Waals surface area contributed by atoms with Gasteiger partial charge < -0.3 is 10.6 Å². The molecule has 0 spiro atoms. The second kappa shape index (κ2) is 6.87. The van der Waals surface area contributed by atoms with E-state index in [0.717, 1.165) is 5.56 Å². The zero-order valence-corrected chi connectivity index (χ0v) is 13.7. The number of nitrogens with one attached hydrogen (secondary N) is 3. The van der Waals surface area contributed by atoms with Gasteiger partial charge in [-0.05, 0) is 26.8 Å². The highest BCUT2D eigenvalue weighted by atomic mass is 19.4. The van der Waals surface area contributed by atoms with Crippen molar-refractivity contribution in [2.24, 2.45) is 0 Å². The van der Waals surface area contributed by atoms with Crippen LogP contribution in [0.2, 0.25) is 0 Å². The van der Waals surface area contributed by atoms with Crippen LogP contribution in [0.15, 0.2) is 18.2 Å². The minimum Gasteiger partial charge on any atom is -0.304 e. The summed E-state index contributed by atoms with van der Waals surface area (Å²) in [7, 11) is 0. The Hall–Kier alpha value is -2.36. The average molecular weight is 362 g/mol. The first-order valence-electron chi connectivity index (χ1n) is 7.49. The van der Waals surface area contributed by atoms with Crippen LogP contribution >= 0.6 is 0 Å². The molecule has 0 aromatic heterocycles. The molecule has 1 aliphatic heterocycles. The molecule has 1 aliphatic rings. The number of carbonyl (C=O) groups is 2. The predicted molar refractivity (Wildman–Crippen MR) is 80.9 cm³/mol. The quantitative estimate of drug-likeness (QED) is 0.721. The van der Waals surface area contributed by atoms with E-state index in [9.17, 15) is 27.2 Å². The van der Waals surface area contributed by atoms with Gasteiger partial charge in [-0.15, -0.1) is 0 Å². The number of aryl methyl sites for hydroxylation is 1. The Morgan fingerprint density at radius 3 is 2.24 bits per heavy atom. The minimum absolute atomic E-state index is 0.0517. The van der Waals surface area contributed by atoms with Crippen molar-refractivity contribution < 1.29 is 27.2 Å². The first-order valence-corrected chi connectivity index (χ1v) is 7.49. The SMILES string of the molecule is Cc1ccc(F)c([C@H](C)NC2NC(=O)N([C@H](C)C(F)(F)F)C(=O)N2)c1. The number of amides is 4. The van der Waals surface area contributed by atoms with Crippen LogP contribution < -0.4 is 16.0 Å². The van der Waals surface area contributed by atoms with Crippen molar-refractivity contribution in [3.63, 3.8) is 0 Å². The summed E-state index contributed by atoms with van der Waals surface area (Å²) in [4.78, 5) is 23.8. The number of nitrogens with zero attached hydrogens (tertiary/aromatic N) is 1.